The number of carbonyl (C=O) groups excluding carboxylic acids is 1. The summed E-state index contributed by atoms with van der Waals surface area (Å²) < 4.78 is 6.96. The second-order valence-electron chi connectivity index (χ2n) is 6.39. The molecular formula is C18H20N4O2. The van der Waals surface area contributed by atoms with Crippen molar-refractivity contribution in [3.8, 4) is 0 Å². The second kappa shape index (κ2) is 5.79. The van der Waals surface area contributed by atoms with Crippen molar-refractivity contribution >= 4 is 16.8 Å². The van der Waals surface area contributed by atoms with E-state index in [1.54, 1.807) is 17.1 Å². The smallest absolute Gasteiger partial charge is 0.254 e. The Labute approximate surface area is 139 Å². The van der Waals surface area contributed by atoms with Crippen molar-refractivity contribution in [2.24, 2.45) is 0 Å². The van der Waals surface area contributed by atoms with E-state index >= 15 is 0 Å². The van der Waals surface area contributed by atoms with Crippen molar-refractivity contribution in [3.63, 3.8) is 0 Å². The molecule has 2 N–H and O–H groups in total. The maximum Gasteiger partial charge on any atom is 0.254 e. The van der Waals surface area contributed by atoms with Gasteiger partial charge in [-0.2, -0.15) is 5.10 Å². The van der Waals surface area contributed by atoms with Gasteiger partial charge in [0.2, 0.25) is 0 Å². The molecule has 24 heavy (non-hydrogen) atoms. The van der Waals surface area contributed by atoms with E-state index in [2.05, 4.69) is 33.6 Å². The average Bonchev–Trinajstić information content (AvgIpc) is 3.10. The molecule has 0 bridgehead atoms. The zero-order valence-corrected chi connectivity index (χ0v) is 13.7. The van der Waals surface area contributed by atoms with Crippen LogP contribution in [0.2, 0.25) is 0 Å². The van der Waals surface area contributed by atoms with Gasteiger partial charge in [0.05, 0.1) is 37.1 Å². The predicted molar refractivity (Wildman–Crippen MR) is 91.0 cm³/mol. The van der Waals surface area contributed by atoms with E-state index in [1.807, 2.05) is 19.9 Å². The predicted octanol–water partition coefficient (Wildman–Crippen LogP) is 2.74. The Morgan fingerprint density at radius 1 is 1.42 bits per heavy atom. The molecule has 1 fully saturated rings. The number of aryl methyl sites for hydroxylation is 1. The van der Waals surface area contributed by atoms with Crippen molar-refractivity contribution in [2.45, 2.75) is 25.9 Å². The minimum atomic E-state index is -0.112. The number of ether oxygens (including phenoxy) is 1. The molecule has 2 aromatic heterocycles. The summed E-state index contributed by atoms with van der Waals surface area (Å²) in [6.45, 7) is 5.35. The highest BCUT2D eigenvalue weighted by molar-refractivity contribution is 5.94. The van der Waals surface area contributed by atoms with E-state index in [9.17, 15) is 4.79 Å². The molecule has 1 aliphatic rings. The Balaban J connectivity index is 1.48. The molecule has 1 atom stereocenters. The molecule has 0 saturated carbocycles. The molecule has 3 aromatic rings. The van der Waals surface area contributed by atoms with Gasteiger partial charge in [-0.3, -0.25) is 9.48 Å². The van der Waals surface area contributed by atoms with Gasteiger partial charge < -0.3 is 15.0 Å². The summed E-state index contributed by atoms with van der Waals surface area (Å²) in [4.78, 5) is 15.7. The van der Waals surface area contributed by atoms with Gasteiger partial charge in [-0.25, -0.2) is 0 Å². The normalized spacial score (nSPS) is 16.1. The molecule has 4 rings (SSSR count). The van der Waals surface area contributed by atoms with E-state index in [-0.39, 0.29) is 18.0 Å². The van der Waals surface area contributed by atoms with Crippen LogP contribution in [-0.4, -0.2) is 33.9 Å². The largest absolute Gasteiger partial charge is 0.377 e. The van der Waals surface area contributed by atoms with Gasteiger partial charge in [-0.05, 0) is 43.0 Å². The highest BCUT2D eigenvalue weighted by Gasteiger charge is 2.22. The number of aromatic nitrogens is 3. The molecule has 0 radical (unpaired) electrons. The van der Waals surface area contributed by atoms with E-state index in [4.69, 9.17) is 4.74 Å². The maximum atomic E-state index is 12.4. The lowest BCUT2D eigenvalue weighted by Gasteiger charge is -2.25. The monoisotopic (exact) mass is 324 g/mol. The molecule has 0 unspecified atom stereocenters. The Hall–Kier alpha value is -2.60. The van der Waals surface area contributed by atoms with Crippen molar-refractivity contribution < 1.29 is 9.53 Å². The van der Waals surface area contributed by atoms with Crippen LogP contribution in [0, 0.1) is 6.92 Å². The maximum absolute atomic E-state index is 12.4. The Morgan fingerprint density at radius 2 is 2.25 bits per heavy atom. The number of fused-ring (bicyclic) bond motifs is 1. The summed E-state index contributed by atoms with van der Waals surface area (Å²) in [5, 5.41) is 8.45. The van der Waals surface area contributed by atoms with Crippen LogP contribution in [0.4, 0.5) is 0 Å². The molecule has 6 heteroatoms. The van der Waals surface area contributed by atoms with Crippen molar-refractivity contribution in [1.82, 2.24) is 20.1 Å². The molecule has 1 saturated heterocycles. The molecule has 3 heterocycles. The first-order valence-corrected chi connectivity index (χ1v) is 8.12. The van der Waals surface area contributed by atoms with E-state index in [1.165, 1.54) is 0 Å². The van der Waals surface area contributed by atoms with E-state index < -0.39 is 0 Å². The fourth-order valence-corrected chi connectivity index (χ4v) is 2.96. The standard InChI is InChI=1S/C18H20N4O2/c1-11-5-14-6-13(3-4-17(14)20-11)12(2)21-18(23)15-7-19-22(8-15)16-9-24-10-16/h3-8,12,16,20H,9-10H2,1-2H3,(H,21,23)/t12-/m1/s1. The minimum absolute atomic E-state index is 0.0764. The van der Waals surface area contributed by atoms with Gasteiger partial charge in [-0.15, -0.1) is 0 Å². The summed E-state index contributed by atoms with van der Waals surface area (Å²) in [5.41, 5.74) is 3.90. The van der Waals surface area contributed by atoms with Gasteiger partial charge in [0, 0.05) is 17.4 Å². The van der Waals surface area contributed by atoms with Crippen LogP contribution in [0.15, 0.2) is 36.7 Å². The lowest BCUT2D eigenvalue weighted by Crippen LogP contribution is -2.31. The topological polar surface area (TPSA) is 71.9 Å². The zero-order valence-electron chi connectivity index (χ0n) is 13.7. The fourth-order valence-electron chi connectivity index (χ4n) is 2.96. The average molecular weight is 324 g/mol. The number of nitrogens with one attached hydrogen (secondary N) is 2. The van der Waals surface area contributed by atoms with E-state index in [0.717, 1.165) is 22.2 Å². The first-order valence-electron chi connectivity index (χ1n) is 8.12. The Bertz CT molecular complexity index is 891. The van der Waals surface area contributed by atoms with Gasteiger partial charge in [-0.1, -0.05) is 6.07 Å². The van der Waals surface area contributed by atoms with Crippen molar-refractivity contribution in [1.29, 1.82) is 0 Å². The third kappa shape index (κ3) is 2.69. The molecule has 1 amide bonds. The van der Waals surface area contributed by atoms with Crippen LogP contribution in [0.5, 0.6) is 0 Å². The molecule has 1 aliphatic heterocycles. The summed E-state index contributed by atoms with van der Waals surface area (Å²) in [5.74, 6) is -0.112. The van der Waals surface area contributed by atoms with Gasteiger partial charge >= 0.3 is 0 Å². The minimum Gasteiger partial charge on any atom is -0.377 e. The number of aromatic amines is 1. The quantitative estimate of drug-likeness (QED) is 0.775. The Kier molecular flexibility index (Phi) is 3.61. The number of rotatable bonds is 4. The lowest BCUT2D eigenvalue weighted by atomic mass is 10.1. The lowest BCUT2D eigenvalue weighted by molar-refractivity contribution is -0.0286. The van der Waals surface area contributed by atoms with Gasteiger partial charge in [0.1, 0.15) is 0 Å². The Morgan fingerprint density at radius 3 is 3.00 bits per heavy atom. The first kappa shape index (κ1) is 15.0. The van der Waals surface area contributed by atoms with Crippen LogP contribution < -0.4 is 5.32 Å². The zero-order chi connectivity index (χ0) is 16.7. The molecule has 0 spiro atoms. The summed E-state index contributed by atoms with van der Waals surface area (Å²) in [6.07, 6.45) is 3.40. The number of H-pyrrole nitrogens is 1. The summed E-state index contributed by atoms with van der Waals surface area (Å²) in [6, 6.07) is 8.49. The number of benzene rings is 1. The molecule has 6 nitrogen and oxygen atoms in total. The van der Waals surface area contributed by atoms with Crippen LogP contribution in [-0.2, 0) is 4.74 Å². The van der Waals surface area contributed by atoms with Crippen LogP contribution in [0.3, 0.4) is 0 Å². The third-order valence-corrected chi connectivity index (χ3v) is 4.49. The van der Waals surface area contributed by atoms with Crippen LogP contribution >= 0.6 is 0 Å². The summed E-state index contributed by atoms with van der Waals surface area (Å²) >= 11 is 0. The number of carbonyl (C=O) groups is 1. The van der Waals surface area contributed by atoms with Gasteiger partial charge in [0.15, 0.2) is 0 Å². The van der Waals surface area contributed by atoms with Crippen LogP contribution in [0.1, 0.15) is 40.6 Å². The number of amides is 1. The fraction of sp³-hybridized carbons (Fsp3) is 0.333. The van der Waals surface area contributed by atoms with Crippen molar-refractivity contribution in [3.05, 3.63) is 53.5 Å². The molecular weight excluding hydrogens is 304 g/mol. The molecule has 124 valence electrons. The molecule has 0 aliphatic carbocycles. The van der Waals surface area contributed by atoms with Crippen LogP contribution in [0.25, 0.3) is 10.9 Å². The third-order valence-electron chi connectivity index (χ3n) is 4.49. The van der Waals surface area contributed by atoms with E-state index in [0.29, 0.717) is 18.8 Å². The first-order chi connectivity index (χ1) is 11.6. The summed E-state index contributed by atoms with van der Waals surface area (Å²) in [7, 11) is 0. The van der Waals surface area contributed by atoms with Crippen molar-refractivity contribution in [2.75, 3.05) is 13.2 Å². The number of hydrogen-bond acceptors (Lipinski definition) is 3. The SMILES string of the molecule is Cc1cc2cc([C@@H](C)NC(=O)c3cnn(C4COC4)c3)ccc2[nH]1. The number of hydrogen-bond donors (Lipinski definition) is 2. The molecule has 1 aromatic carbocycles. The highest BCUT2D eigenvalue weighted by atomic mass is 16.5. The van der Waals surface area contributed by atoms with Gasteiger partial charge in [0.25, 0.3) is 5.91 Å². The number of nitrogens with zero attached hydrogens (tertiary/aromatic N) is 2. The highest BCUT2D eigenvalue weighted by Crippen LogP contribution is 2.22. The second-order valence-corrected chi connectivity index (χ2v) is 6.39.